The highest BCUT2D eigenvalue weighted by Gasteiger charge is 2.27. The Labute approximate surface area is 240 Å². The lowest BCUT2D eigenvalue weighted by Crippen LogP contribution is -2.48. The minimum atomic E-state index is -0.941. The molecule has 4 N–H and O–H groups in total. The van der Waals surface area contributed by atoms with Crippen LogP contribution in [0.25, 0.3) is 10.9 Å². The van der Waals surface area contributed by atoms with Gasteiger partial charge < -0.3 is 30.7 Å². The number of hydrogen-bond acceptors (Lipinski definition) is 8. The molecule has 11 heteroatoms. The van der Waals surface area contributed by atoms with E-state index in [0.29, 0.717) is 29.6 Å². The standard InChI is InChI=1S/C19H16N4O3.C9H18N2O2.C2H6/c20-19-21-15-6-5-11(8-16(24)25)7-14(15)17(22-19)18(26)23-9-12-3-1-2-4-13(12)10-23;1-9(2,3)13-8(12)11-6-4-10-5-7-11;1-2/h1-7H,8-10H2,(H,24,25)(H2,20,21,22);10H,4-7H2,1-3H3;1-2H3. The van der Waals surface area contributed by atoms with Crippen molar-refractivity contribution in [2.24, 2.45) is 0 Å². The summed E-state index contributed by atoms with van der Waals surface area (Å²) in [5.74, 6) is -1.17. The van der Waals surface area contributed by atoms with Gasteiger partial charge in [-0.15, -0.1) is 0 Å². The van der Waals surface area contributed by atoms with E-state index in [1.54, 1.807) is 28.0 Å². The number of nitrogens with two attached hydrogens (primary N) is 1. The van der Waals surface area contributed by atoms with Crippen LogP contribution in [0.4, 0.5) is 10.7 Å². The number of carboxylic acid groups (broad SMARTS) is 1. The number of carbonyl (C=O) groups excluding carboxylic acids is 2. The van der Waals surface area contributed by atoms with E-state index in [2.05, 4.69) is 15.3 Å². The van der Waals surface area contributed by atoms with Crippen LogP contribution in [-0.2, 0) is 29.0 Å². The summed E-state index contributed by atoms with van der Waals surface area (Å²) < 4.78 is 5.24. The number of nitrogens with zero attached hydrogens (tertiary/aromatic N) is 4. The zero-order valence-electron chi connectivity index (χ0n) is 24.4. The lowest BCUT2D eigenvalue weighted by molar-refractivity contribution is -0.136. The third-order valence-electron chi connectivity index (χ3n) is 6.23. The van der Waals surface area contributed by atoms with Crippen molar-refractivity contribution >= 4 is 34.8 Å². The van der Waals surface area contributed by atoms with E-state index >= 15 is 0 Å². The number of carboxylic acids is 1. The van der Waals surface area contributed by atoms with E-state index in [1.165, 1.54) is 0 Å². The summed E-state index contributed by atoms with van der Waals surface area (Å²) >= 11 is 0. The first-order chi connectivity index (χ1) is 19.5. The van der Waals surface area contributed by atoms with Crippen LogP contribution < -0.4 is 11.1 Å². The predicted molar refractivity (Wildman–Crippen MR) is 157 cm³/mol. The van der Waals surface area contributed by atoms with Crippen LogP contribution in [0.15, 0.2) is 42.5 Å². The smallest absolute Gasteiger partial charge is 0.410 e. The summed E-state index contributed by atoms with van der Waals surface area (Å²) in [5, 5.41) is 12.7. The third kappa shape index (κ3) is 8.62. The van der Waals surface area contributed by atoms with Gasteiger partial charge in [0.2, 0.25) is 5.95 Å². The van der Waals surface area contributed by atoms with Crippen molar-refractivity contribution in [1.29, 1.82) is 0 Å². The topological polar surface area (TPSA) is 151 Å². The monoisotopic (exact) mass is 564 g/mol. The number of carbonyl (C=O) groups is 3. The Morgan fingerprint density at radius 1 is 0.976 bits per heavy atom. The summed E-state index contributed by atoms with van der Waals surface area (Å²) in [5.41, 5.74) is 8.91. The molecule has 3 aromatic rings. The van der Waals surface area contributed by atoms with E-state index < -0.39 is 5.97 Å². The molecule has 0 aliphatic carbocycles. The maximum Gasteiger partial charge on any atom is 0.410 e. The van der Waals surface area contributed by atoms with Crippen molar-refractivity contribution in [3.8, 4) is 0 Å². The highest BCUT2D eigenvalue weighted by molar-refractivity contribution is 6.05. The third-order valence-corrected chi connectivity index (χ3v) is 6.23. The van der Waals surface area contributed by atoms with Crippen molar-refractivity contribution < 1.29 is 24.2 Å². The van der Waals surface area contributed by atoms with Crippen LogP contribution in [0.3, 0.4) is 0 Å². The van der Waals surface area contributed by atoms with Gasteiger partial charge in [-0.3, -0.25) is 9.59 Å². The second-order valence-electron chi connectivity index (χ2n) is 10.5. The second-order valence-corrected chi connectivity index (χ2v) is 10.5. The number of benzene rings is 2. The molecule has 1 aromatic heterocycles. The summed E-state index contributed by atoms with van der Waals surface area (Å²) in [6.07, 6.45) is -0.336. The van der Waals surface area contributed by atoms with E-state index in [0.717, 1.165) is 37.3 Å². The lowest BCUT2D eigenvalue weighted by atomic mass is 10.1. The predicted octanol–water partition coefficient (Wildman–Crippen LogP) is 3.85. The van der Waals surface area contributed by atoms with Crippen LogP contribution in [0, 0.1) is 0 Å². The summed E-state index contributed by atoms with van der Waals surface area (Å²) in [7, 11) is 0. The molecule has 1 saturated heterocycles. The number of hydrogen-bond donors (Lipinski definition) is 3. The largest absolute Gasteiger partial charge is 0.481 e. The van der Waals surface area contributed by atoms with Gasteiger partial charge in [-0.1, -0.05) is 44.2 Å². The van der Waals surface area contributed by atoms with Crippen LogP contribution in [0.2, 0.25) is 0 Å². The Kier molecular flexibility index (Phi) is 10.6. The highest BCUT2D eigenvalue weighted by atomic mass is 16.6. The minimum absolute atomic E-state index is 0.0172. The normalized spacial score (nSPS) is 14.3. The maximum absolute atomic E-state index is 13.1. The fourth-order valence-electron chi connectivity index (χ4n) is 4.44. The molecule has 0 unspecified atom stereocenters. The van der Waals surface area contributed by atoms with Crippen molar-refractivity contribution in [3.05, 3.63) is 64.8 Å². The molecule has 5 rings (SSSR count). The van der Waals surface area contributed by atoms with E-state index in [9.17, 15) is 14.4 Å². The van der Waals surface area contributed by atoms with Gasteiger partial charge in [-0.25, -0.2) is 14.8 Å². The molecular formula is C30H40N6O5. The number of fused-ring (bicyclic) bond motifs is 2. The first-order valence-corrected chi connectivity index (χ1v) is 13.8. The maximum atomic E-state index is 13.1. The molecule has 0 bridgehead atoms. The minimum Gasteiger partial charge on any atom is -0.481 e. The number of ether oxygens (including phenoxy) is 1. The number of rotatable bonds is 3. The van der Waals surface area contributed by atoms with Gasteiger partial charge in [0.05, 0.1) is 11.9 Å². The van der Waals surface area contributed by atoms with Crippen molar-refractivity contribution in [2.75, 3.05) is 31.9 Å². The molecule has 2 aromatic carbocycles. The Bertz CT molecular complexity index is 1360. The zero-order valence-corrected chi connectivity index (χ0v) is 24.4. The molecule has 0 atom stereocenters. The SMILES string of the molecule is CC.CC(C)(C)OC(=O)N1CCNCC1.Nc1nc(C(=O)N2Cc3ccccc3C2)c2cc(CC(=O)O)ccc2n1. The fourth-order valence-corrected chi connectivity index (χ4v) is 4.44. The molecular weight excluding hydrogens is 524 g/mol. The molecule has 0 radical (unpaired) electrons. The van der Waals surface area contributed by atoms with Crippen molar-refractivity contribution in [3.63, 3.8) is 0 Å². The molecule has 0 saturated carbocycles. The van der Waals surface area contributed by atoms with Crippen LogP contribution in [0.5, 0.6) is 0 Å². The Morgan fingerprint density at radius 2 is 1.59 bits per heavy atom. The van der Waals surface area contributed by atoms with Gasteiger partial charge in [0.1, 0.15) is 11.3 Å². The average Bonchev–Trinajstić information content (AvgIpc) is 3.38. The summed E-state index contributed by atoms with van der Waals surface area (Å²) in [6, 6.07) is 12.9. The van der Waals surface area contributed by atoms with Crippen LogP contribution in [-0.4, -0.2) is 74.6 Å². The number of piperazine rings is 1. The van der Waals surface area contributed by atoms with E-state index in [-0.39, 0.29) is 35.7 Å². The number of anilines is 1. The Morgan fingerprint density at radius 3 is 2.15 bits per heavy atom. The van der Waals surface area contributed by atoms with Gasteiger partial charge in [-0.2, -0.15) is 0 Å². The number of aromatic nitrogens is 2. The zero-order chi connectivity index (χ0) is 30.2. The van der Waals surface area contributed by atoms with Gasteiger partial charge >= 0.3 is 12.1 Å². The quantitative estimate of drug-likeness (QED) is 0.431. The number of amides is 2. The number of nitrogen functional groups attached to an aromatic ring is 1. The first kappa shape index (κ1) is 31.3. The van der Waals surface area contributed by atoms with Gasteiger partial charge in [0.25, 0.3) is 5.91 Å². The molecule has 220 valence electrons. The lowest BCUT2D eigenvalue weighted by Gasteiger charge is -2.30. The second kappa shape index (κ2) is 13.9. The summed E-state index contributed by atoms with van der Waals surface area (Å²) in [6.45, 7) is 13.9. The van der Waals surface area contributed by atoms with Crippen LogP contribution in [0.1, 0.15) is 61.8 Å². The molecule has 3 heterocycles. The highest BCUT2D eigenvalue weighted by Crippen LogP contribution is 2.26. The van der Waals surface area contributed by atoms with E-state index in [4.69, 9.17) is 15.6 Å². The Hall–Kier alpha value is -4.25. The molecule has 41 heavy (non-hydrogen) atoms. The number of nitrogens with one attached hydrogen (secondary N) is 1. The first-order valence-electron chi connectivity index (χ1n) is 13.8. The van der Waals surface area contributed by atoms with Gasteiger partial charge in [-0.05, 0) is 49.6 Å². The molecule has 2 amide bonds. The average molecular weight is 565 g/mol. The molecule has 1 fully saturated rings. The Balaban J connectivity index is 0.000000261. The van der Waals surface area contributed by atoms with Gasteiger partial charge in [0, 0.05) is 44.7 Å². The van der Waals surface area contributed by atoms with Crippen LogP contribution >= 0.6 is 0 Å². The number of aliphatic carboxylic acids is 1. The van der Waals surface area contributed by atoms with Crippen molar-refractivity contribution in [2.45, 2.75) is 59.7 Å². The van der Waals surface area contributed by atoms with Gasteiger partial charge in [0.15, 0.2) is 0 Å². The molecule has 11 nitrogen and oxygen atoms in total. The molecule has 2 aliphatic rings. The van der Waals surface area contributed by atoms with Crippen molar-refractivity contribution in [1.82, 2.24) is 25.1 Å². The molecule has 2 aliphatic heterocycles. The van der Waals surface area contributed by atoms with E-state index in [1.807, 2.05) is 58.9 Å². The molecule has 0 spiro atoms. The summed E-state index contributed by atoms with van der Waals surface area (Å²) in [4.78, 5) is 47.3. The fraction of sp³-hybridized carbons (Fsp3) is 0.433.